The molecule has 2 rings (SSSR count). The number of carboxylic acid groups (broad SMARTS) is 1. The van der Waals surface area contributed by atoms with Crippen molar-refractivity contribution in [3.05, 3.63) is 17.0 Å². The first kappa shape index (κ1) is 10.5. The summed E-state index contributed by atoms with van der Waals surface area (Å²) in [5.74, 6) is -1.08. The third kappa shape index (κ3) is 1.50. The first-order valence-electron chi connectivity index (χ1n) is 4.83. The maximum Gasteiger partial charge on any atom is 0.356 e. The number of rotatable bonds is 1. The molecule has 0 unspecified atom stereocenters. The molecule has 1 aliphatic heterocycles. The van der Waals surface area contributed by atoms with Gasteiger partial charge in [-0.2, -0.15) is 5.10 Å². The normalized spacial score (nSPS) is 14.7. The monoisotopic (exact) mass is 224 g/mol. The van der Waals surface area contributed by atoms with Crippen LogP contribution in [-0.2, 0) is 20.0 Å². The van der Waals surface area contributed by atoms with Crippen LogP contribution < -0.4 is 5.73 Å². The van der Waals surface area contributed by atoms with Crippen molar-refractivity contribution in [3.63, 3.8) is 0 Å². The molecule has 3 N–H and O–H groups in total. The molecular formula is C9H12N4O3. The second-order valence-corrected chi connectivity index (χ2v) is 3.71. The van der Waals surface area contributed by atoms with Crippen molar-refractivity contribution in [2.75, 3.05) is 6.54 Å². The minimum atomic E-state index is -1.08. The second kappa shape index (κ2) is 3.51. The molecule has 0 aliphatic carbocycles. The van der Waals surface area contributed by atoms with Gasteiger partial charge in [0.25, 0.3) is 0 Å². The molecule has 0 saturated carbocycles. The van der Waals surface area contributed by atoms with E-state index < -0.39 is 12.0 Å². The zero-order chi connectivity index (χ0) is 11.9. The van der Waals surface area contributed by atoms with E-state index in [1.165, 1.54) is 4.90 Å². The lowest BCUT2D eigenvalue weighted by atomic mass is 10.1. The topological polar surface area (TPSA) is 101 Å². The number of nitrogens with zero attached hydrogens (tertiary/aromatic N) is 3. The highest BCUT2D eigenvalue weighted by molar-refractivity contribution is 5.87. The molecule has 16 heavy (non-hydrogen) atoms. The van der Waals surface area contributed by atoms with Crippen molar-refractivity contribution in [2.24, 2.45) is 12.8 Å². The van der Waals surface area contributed by atoms with Gasteiger partial charge in [-0.15, -0.1) is 0 Å². The Labute approximate surface area is 91.4 Å². The van der Waals surface area contributed by atoms with Gasteiger partial charge in [-0.3, -0.25) is 4.68 Å². The largest absolute Gasteiger partial charge is 0.476 e. The predicted octanol–water partition coefficient (Wildman–Crippen LogP) is -0.445. The maximum absolute atomic E-state index is 11.0. The van der Waals surface area contributed by atoms with Gasteiger partial charge in [0.1, 0.15) is 0 Å². The minimum Gasteiger partial charge on any atom is -0.476 e. The van der Waals surface area contributed by atoms with E-state index in [1.54, 1.807) is 11.7 Å². The highest BCUT2D eigenvalue weighted by atomic mass is 16.4. The van der Waals surface area contributed by atoms with Crippen molar-refractivity contribution in [2.45, 2.75) is 13.0 Å². The number of aromatic nitrogens is 2. The van der Waals surface area contributed by atoms with Crippen LogP contribution in [0, 0.1) is 0 Å². The number of amides is 2. The van der Waals surface area contributed by atoms with Gasteiger partial charge in [0.05, 0.1) is 6.54 Å². The SMILES string of the molecule is Cn1nc(C(=O)O)c2c1CCN(C(N)=O)C2. The fourth-order valence-electron chi connectivity index (χ4n) is 1.95. The fraction of sp³-hybridized carbons (Fsp3) is 0.444. The van der Waals surface area contributed by atoms with Crippen LogP contribution in [0.1, 0.15) is 21.7 Å². The summed E-state index contributed by atoms with van der Waals surface area (Å²) < 4.78 is 1.55. The van der Waals surface area contributed by atoms with Crippen LogP contribution in [0.4, 0.5) is 4.79 Å². The molecule has 2 amide bonds. The quantitative estimate of drug-likeness (QED) is 0.674. The minimum absolute atomic E-state index is 0.00319. The third-order valence-corrected chi connectivity index (χ3v) is 2.76. The van der Waals surface area contributed by atoms with Crippen LogP contribution in [0.5, 0.6) is 0 Å². The number of urea groups is 1. The van der Waals surface area contributed by atoms with E-state index in [0.29, 0.717) is 18.5 Å². The Morgan fingerprint density at radius 1 is 1.50 bits per heavy atom. The number of carboxylic acids is 1. The molecule has 0 bridgehead atoms. The number of aromatic carboxylic acids is 1. The van der Waals surface area contributed by atoms with Gasteiger partial charge in [0.15, 0.2) is 5.69 Å². The van der Waals surface area contributed by atoms with Gasteiger partial charge in [-0.05, 0) is 0 Å². The van der Waals surface area contributed by atoms with Crippen LogP contribution in [-0.4, -0.2) is 38.3 Å². The van der Waals surface area contributed by atoms with E-state index in [9.17, 15) is 9.59 Å². The number of carbonyl (C=O) groups is 2. The first-order chi connectivity index (χ1) is 7.50. The van der Waals surface area contributed by atoms with Gasteiger partial charge >= 0.3 is 12.0 Å². The van der Waals surface area contributed by atoms with Crippen molar-refractivity contribution in [1.29, 1.82) is 0 Å². The van der Waals surface area contributed by atoms with Gasteiger partial charge in [-0.25, -0.2) is 9.59 Å². The van der Waals surface area contributed by atoms with Crippen LogP contribution in [0.2, 0.25) is 0 Å². The molecule has 7 nitrogen and oxygen atoms in total. The summed E-state index contributed by atoms with van der Waals surface area (Å²) in [6.45, 7) is 0.723. The van der Waals surface area contributed by atoms with E-state index >= 15 is 0 Å². The lowest BCUT2D eigenvalue weighted by Crippen LogP contribution is -2.40. The number of hydrogen-bond acceptors (Lipinski definition) is 3. The van der Waals surface area contributed by atoms with Crippen LogP contribution in [0.3, 0.4) is 0 Å². The summed E-state index contributed by atoms with van der Waals surface area (Å²) in [6, 6.07) is -0.536. The molecular weight excluding hydrogens is 212 g/mol. The Morgan fingerprint density at radius 2 is 2.19 bits per heavy atom. The van der Waals surface area contributed by atoms with E-state index in [2.05, 4.69) is 5.10 Å². The number of carbonyl (C=O) groups excluding carboxylic acids is 1. The molecule has 1 aliphatic rings. The zero-order valence-electron chi connectivity index (χ0n) is 8.80. The molecule has 86 valence electrons. The highest BCUT2D eigenvalue weighted by Gasteiger charge is 2.28. The lowest BCUT2D eigenvalue weighted by Gasteiger charge is -2.25. The molecule has 0 aromatic carbocycles. The average molecular weight is 224 g/mol. The zero-order valence-corrected chi connectivity index (χ0v) is 8.80. The van der Waals surface area contributed by atoms with Gasteiger partial charge in [0.2, 0.25) is 0 Å². The van der Waals surface area contributed by atoms with Crippen LogP contribution >= 0.6 is 0 Å². The molecule has 0 radical (unpaired) electrons. The lowest BCUT2D eigenvalue weighted by molar-refractivity contribution is 0.0687. The molecule has 2 heterocycles. The molecule has 0 saturated heterocycles. The summed E-state index contributed by atoms with van der Waals surface area (Å²) in [6.07, 6.45) is 0.578. The number of primary amides is 1. The van der Waals surface area contributed by atoms with Crippen molar-refractivity contribution in [3.8, 4) is 0 Å². The molecule has 0 fully saturated rings. The first-order valence-corrected chi connectivity index (χ1v) is 4.83. The number of aryl methyl sites for hydroxylation is 1. The Morgan fingerprint density at radius 3 is 2.75 bits per heavy atom. The highest BCUT2D eigenvalue weighted by Crippen LogP contribution is 2.21. The molecule has 1 aromatic heterocycles. The van der Waals surface area contributed by atoms with E-state index in [4.69, 9.17) is 10.8 Å². The Hall–Kier alpha value is -2.05. The summed E-state index contributed by atoms with van der Waals surface area (Å²) in [7, 11) is 1.70. The summed E-state index contributed by atoms with van der Waals surface area (Å²) in [5.41, 5.74) is 6.61. The Bertz CT molecular complexity index is 466. The van der Waals surface area contributed by atoms with E-state index in [-0.39, 0.29) is 12.2 Å². The smallest absolute Gasteiger partial charge is 0.356 e. The maximum atomic E-state index is 11.0. The van der Waals surface area contributed by atoms with Crippen molar-refractivity contribution >= 4 is 12.0 Å². The molecule has 1 aromatic rings. The van der Waals surface area contributed by atoms with Gasteiger partial charge < -0.3 is 15.7 Å². The summed E-state index contributed by atoms with van der Waals surface area (Å²) in [5, 5.41) is 12.9. The Balaban J connectivity index is 2.42. The van der Waals surface area contributed by atoms with Crippen molar-refractivity contribution in [1.82, 2.24) is 14.7 Å². The number of nitrogens with two attached hydrogens (primary N) is 1. The molecule has 7 heteroatoms. The van der Waals surface area contributed by atoms with Crippen LogP contribution in [0.25, 0.3) is 0 Å². The van der Waals surface area contributed by atoms with Crippen LogP contribution in [0.15, 0.2) is 0 Å². The van der Waals surface area contributed by atoms with Crippen molar-refractivity contribution < 1.29 is 14.7 Å². The predicted molar refractivity (Wildman–Crippen MR) is 53.9 cm³/mol. The van der Waals surface area contributed by atoms with Gasteiger partial charge in [-0.1, -0.05) is 0 Å². The second-order valence-electron chi connectivity index (χ2n) is 3.71. The Kier molecular flexibility index (Phi) is 2.30. The molecule has 0 spiro atoms. The number of hydrogen-bond donors (Lipinski definition) is 2. The fourth-order valence-corrected chi connectivity index (χ4v) is 1.95. The third-order valence-electron chi connectivity index (χ3n) is 2.76. The summed E-state index contributed by atoms with van der Waals surface area (Å²) in [4.78, 5) is 23.4. The summed E-state index contributed by atoms with van der Waals surface area (Å²) >= 11 is 0. The number of fused-ring (bicyclic) bond motifs is 1. The van der Waals surface area contributed by atoms with Gasteiger partial charge in [0, 0.05) is 31.3 Å². The standard InChI is InChI=1S/C9H12N4O3/c1-12-6-2-3-13(9(10)16)4-5(6)7(11-12)8(14)15/h2-4H2,1H3,(H2,10,16)(H,14,15). The van der Waals surface area contributed by atoms with E-state index in [1.807, 2.05) is 0 Å². The average Bonchev–Trinajstić information content (AvgIpc) is 2.56. The molecule has 0 atom stereocenters. The van der Waals surface area contributed by atoms with E-state index in [0.717, 1.165) is 5.69 Å².